The highest BCUT2D eigenvalue weighted by atomic mass is 16.5. The lowest BCUT2D eigenvalue weighted by molar-refractivity contribution is -0.116. The monoisotopic (exact) mass is 584 g/mol. The maximum Gasteiger partial charge on any atom is 0.254 e. The van der Waals surface area contributed by atoms with Crippen LogP contribution in [-0.4, -0.2) is 47.2 Å². The molecule has 0 saturated heterocycles. The minimum Gasteiger partial charge on any atom is -0.497 e. The van der Waals surface area contributed by atoms with Crippen molar-refractivity contribution in [3.05, 3.63) is 94.3 Å². The van der Waals surface area contributed by atoms with Gasteiger partial charge in [-0.1, -0.05) is 12.1 Å². The van der Waals surface area contributed by atoms with E-state index in [9.17, 15) is 9.59 Å². The molecule has 0 bridgehead atoms. The summed E-state index contributed by atoms with van der Waals surface area (Å²) in [5.41, 5.74) is 4.85. The Morgan fingerprint density at radius 1 is 0.744 bits per heavy atom. The van der Waals surface area contributed by atoms with Gasteiger partial charge in [-0.3, -0.25) is 9.59 Å². The maximum atomic E-state index is 14.1. The van der Waals surface area contributed by atoms with E-state index in [2.05, 4.69) is 10.6 Å². The van der Waals surface area contributed by atoms with Crippen LogP contribution in [0.2, 0.25) is 0 Å². The molecule has 224 valence electrons. The van der Waals surface area contributed by atoms with Crippen molar-refractivity contribution in [1.82, 2.24) is 5.32 Å². The molecule has 43 heavy (non-hydrogen) atoms. The Bertz CT molecular complexity index is 1610. The number of allylic oxidation sites excluding steroid dienone is 3. The Morgan fingerprint density at radius 3 is 1.91 bits per heavy atom. The van der Waals surface area contributed by atoms with Crippen LogP contribution in [0.1, 0.15) is 42.7 Å². The van der Waals surface area contributed by atoms with Gasteiger partial charge in [-0.25, -0.2) is 0 Å². The number of hydrogen-bond donors (Lipinski definition) is 2. The van der Waals surface area contributed by atoms with Crippen LogP contribution in [0.3, 0.4) is 0 Å². The summed E-state index contributed by atoms with van der Waals surface area (Å²) < 4.78 is 27.2. The lowest BCUT2D eigenvalue weighted by Gasteiger charge is -2.37. The van der Waals surface area contributed by atoms with Crippen molar-refractivity contribution in [3.63, 3.8) is 0 Å². The van der Waals surface area contributed by atoms with Crippen molar-refractivity contribution in [2.75, 3.05) is 40.9 Å². The number of ether oxygens (including phenoxy) is 5. The molecular formula is C34H36N2O7. The zero-order valence-corrected chi connectivity index (χ0v) is 25.2. The summed E-state index contributed by atoms with van der Waals surface area (Å²) in [7, 11) is 7.91. The molecule has 2 aliphatic rings. The van der Waals surface area contributed by atoms with Gasteiger partial charge >= 0.3 is 0 Å². The molecule has 0 saturated carbocycles. The van der Waals surface area contributed by atoms with Crippen molar-refractivity contribution in [1.29, 1.82) is 0 Å². The summed E-state index contributed by atoms with van der Waals surface area (Å²) >= 11 is 0. The van der Waals surface area contributed by atoms with Gasteiger partial charge in [-0.05, 0) is 78.9 Å². The zero-order valence-electron chi connectivity index (χ0n) is 25.2. The highest BCUT2D eigenvalue weighted by molar-refractivity contribution is 6.10. The topological polar surface area (TPSA) is 104 Å². The van der Waals surface area contributed by atoms with Gasteiger partial charge in [-0.15, -0.1) is 0 Å². The second kappa shape index (κ2) is 12.5. The van der Waals surface area contributed by atoms with Gasteiger partial charge in [0.05, 0.1) is 35.5 Å². The maximum absolute atomic E-state index is 14.1. The van der Waals surface area contributed by atoms with Crippen LogP contribution < -0.4 is 34.3 Å². The predicted molar refractivity (Wildman–Crippen MR) is 163 cm³/mol. The number of carbonyl (C=O) groups is 2. The van der Waals surface area contributed by atoms with Gasteiger partial charge in [0.15, 0.2) is 28.8 Å². The van der Waals surface area contributed by atoms with Crippen LogP contribution >= 0.6 is 0 Å². The lowest BCUT2D eigenvalue weighted by atomic mass is 9.71. The molecule has 9 heteroatoms. The van der Waals surface area contributed by atoms with E-state index in [1.807, 2.05) is 37.3 Å². The molecule has 5 rings (SSSR count). The van der Waals surface area contributed by atoms with Gasteiger partial charge in [0, 0.05) is 40.6 Å². The molecule has 2 atom stereocenters. The first kappa shape index (κ1) is 29.6. The van der Waals surface area contributed by atoms with E-state index in [-0.39, 0.29) is 24.0 Å². The van der Waals surface area contributed by atoms with E-state index in [0.29, 0.717) is 57.7 Å². The Balaban J connectivity index is 1.57. The highest BCUT2D eigenvalue weighted by Gasteiger charge is 2.41. The molecule has 1 aliphatic carbocycles. The SMILES string of the molecule is COc1ccc(NC(=O)C2=C(C)NC3=C(C(=O)C[C@@H](c4ccc(OC)c(OC)c4)C3)[C@H]2c2ccc(OC)c(OC)c2)cc1. The Labute approximate surface area is 251 Å². The Morgan fingerprint density at radius 2 is 1.33 bits per heavy atom. The number of amides is 1. The van der Waals surface area contributed by atoms with E-state index >= 15 is 0 Å². The van der Waals surface area contributed by atoms with Gasteiger partial charge in [0.2, 0.25) is 0 Å². The number of anilines is 1. The Hall–Kier alpha value is -4.92. The van der Waals surface area contributed by atoms with Crippen LogP contribution in [0.4, 0.5) is 5.69 Å². The third kappa shape index (κ3) is 5.75. The van der Waals surface area contributed by atoms with Crippen LogP contribution in [-0.2, 0) is 9.59 Å². The van der Waals surface area contributed by atoms with Gasteiger partial charge in [0.25, 0.3) is 5.91 Å². The molecule has 0 fully saturated rings. The van der Waals surface area contributed by atoms with Crippen molar-refractivity contribution in [2.24, 2.45) is 0 Å². The molecule has 0 radical (unpaired) electrons. The number of nitrogens with one attached hydrogen (secondary N) is 2. The second-order valence-electron chi connectivity index (χ2n) is 10.4. The van der Waals surface area contributed by atoms with Gasteiger partial charge in [-0.2, -0.15) is 0 Å². The number of benzene rings is 3. The first-order chi connectivity index (χ1) is 20.8. The van der Waals surface area contributed by atoms with E-state index in [4.69, 9.17) is 23.7 Å². The summed E-state index contributed by atoms with van der Waals surface area (Å²) in [4.78, 5) is 28.0. The third-order valence-corrected chi connectivity index (χ3v) is 8.04. The van der Waals surface area contributed by atoms with Gasteiger partial charge < -0.3 is 34.3 Å². The van der Waals surface area contributed by atoms with Crippen LogP contribution in [0.5, 0.6) is 28.7 Å². The number of dihydropyridines is 1. The standard InChI is InChI=1S/C34H36N2O7/c1-19-31(34(38)36-23-9-11-24(39-2)12-10-23)32(21-8-14-28(41-4)30(18-21)43-6)33-25(35-19)15-22(16-26(33)37)20-7-13-27(40-3)29(17-20)42-5/h7-14,17-18,22,32,35H,15-16H2,1-6H3,(H,36,38)/t22-,32-/m0/s1. The molecular weight excluding hydrogens is 548 g/mol. The fourth-order valence-electron chi connectivity index (χ4n) is 5.92. The van der Waals surface area contributed by atoms with E-state index in [1.165, 1.54) is 0 Å². The predicted octanol–water partition coefficient (Wildman–Crippen LogP) is 5.73. The number of rotatable bonds is 9. The molecule has 3 aromatic rings. The largest absolute Gasteiger partial charge is 0.497 e. The molecule has 1 heterocycles. The fourth-order valence-corrected chi connectivity index (χ4v) is 5.92. The highest BCUT2D eigenvalue weighted by Crippen LogP contribution is 2.47. The third-order valence-electron chi connectivity index (χ3n) is 8.04. The quantitative estimate of drug-likeness (QED) is 0.329. The van der Waals surface area contributed by atoms with Crippen LogP contribution in [0.15, 0.2) is 83.2 Å². The van der Waals surface area contributed by atoms with E-state index in [0.717, 1.165) is 16.8 Å². The summed E-state index contributed by atoms with van der Waals surface area (Å²) in [6.45, 7) is 1.87. The van der Waals surface area contributed by atoms with Crippen molar-refractivity contribution in [3.8, 4) is 28.7 Å². The molecule has 0 unspecified atom stereocenters. The minimum absolute atomic E-state index is 0.0319. The molecule has 2 N–H and O–H groups in total. The first-order valence-corrected chi connectivity index (χ1v) is 13.9. The van der Waals surface area contributed by atoms with Crippen LogP contribution in [0.25, 0.3) is 0 Å². The molecule has 9 nitrogen and oxygen atoms in total. The number of methoxy groups -OCH3 is 5. The normalized spacial score (nSPS) is 18.0. The smallest absolute Gasteiger partial charge is 0.254 e. The first-order valence-electron chi connectivity index (χ1n) is 13.9. The van der Waals surface area contributed by atoms with Crippen LogP contribution in [0, 0.1) is 0 Å². The summed E-state index contributed by atoms with van der Waals surface area (Å²) in [5, 5.41) is 6.44. The molecule has 1 aliphatic heterocycles. The molecule has 0 spiro atoms. The average molecular weight is 585 g/mol. The van der Waals surface area contributed by atoms with Crippen molar-refractivity contribution < 1.29 is 33.3 Å². The lowest BCUT2D eigenvalue weighted by Crippen LogP contribution is -2.37. The Kier molecular flexibility index (Phi) is 8.61. The van der Waals surface area contributed by atoms with E-state index in [1.54, 1.807) is 65.9 Å². The molecule has 0 aromatic heterocycles. The summed E-state index contributed by atoms with van der Waals surface area (Å²) in [6.07, 6.45) is 0.872. The minimum atomic E-state index is -0.617. The number of ketones is 1. The van der Waals surface area contributed by atoms with Crippen molar-refractivity contribution in [2.45, 2.75) is 31.6 Å². The number of carbonyl (C=O) groups excluding carboxylic acids is 2. The fraction of sp³-hybridized carbons (Fsp3) is 0.294. The van der Waals surface area contributed by atoms with Gasteiger partial charge in [0.1, 0.15) is 5.75 Å². The second-order valence-corrected chi connectivity index (χ2v) is 10.4. The number of hydrogen-bond acceptors (Lipinski definition) is 8. The number of Topliss-reactive ketones (excluding diaryl/α,β-unsaturated/α-hetero) is 1. The zero-order chi connectivity index (χ0) is 30.7. The van der Waals surface area contributed by atoms with E-state index < -0.39 is 5.92 Å². The average Bonchev–Trinajstić information content (AvgIpc) is 3.03. The summed E-state index contributed by atoms with van der Waals surface area (Å²) in [5.74, 6) is 1.96. The molecule has 1 amide bonds. The summed E-state index contributed by atoms with van der Waals surface area (Å²) in [6, 6.07) is 18.4. The van der Waals surface area contributed by atoms with Crippen molar-refractivity contribution >= 4 is 17.4 Å². The molecule has 3 aromatic carbocycles.